The van der Waals surface area contributed by atoms with Crippen LogP contribution in [0.25, 0.3) is 0 Å². The van der Waals surface area contributed by atoms with Crippen LogP contribution in [-0.2, 0) is 9.59 Å². The van der Waals surface area contributed by atoms with Crippen LogP contribution in [0.5, 0.6) is 0 Å². The predicted octanol–water partition coefficient (Wildman–Crippen LogP) is 0.489. The van der Waals surface area contributed by atoms with Crippen LogP contribution in [0.15, 0.2) is 0 Å². The lowest BCUT2D eigenvalue weighted by atomic mass is 9.92. The number of nitrogens with one attached hydrogen (secondary N) is 1. The molecule has 0 bridgehead atoms. The Labute approximate surface area is 114 Å². The molecule has 1 saturated carbocycles. The third kappa shape index (κ3) is 2.91. The fraction of sp³-hybridized carbons (Fsp3) is 0.857. The van der Waals surface area contributed by atoms with Gasteiger partial charge in [-0.2, -0.15) is 0 Å². The second kappa shape index (κ2) is 6.37. The van der Waals surface area contributed by atoms with Crippen LogP contribution >= 0.6 is 0 Å². The summed E-state index contributed by atoms with van der Waals surface area (Å²) in [4.78, 5) is 26.4. The number of likely N-dealkylation sites (N-methyl/N-ethyl adjacent to an activating group) is 1. The first-order chi connectivity index (χ1) is 9.19. The summed E-state index contributed by atoms with van der Waals surface area (Å²) in [7, 11) is 1.64. The molecule has 1 saturated heterocycles. The van der Waals surface area contributed by atoms with Crippen molar-refractivity contribution >= 4 is 11.8 Å². The number of amides is 2. The van der Waals surface area contributed by atoms with E-state index in [0.29, 0.717) is 19.0 Å². The van der Waals surface area contributed by atoms with Crippen molar-refractivity contribution in [2.24, 2.45) is 17.6 Å². The molecule has 2 rings (SSSR count). The summed E-state index contributed by atoms with van der Waals surface area (Å²) in [6.45, 7) is 1.29. The molecule has 2 aliphatic rings. The number of rotatable bonds is 3. The number of hydrogen-bond acceptors (Lipinski definition) is 3. The fourth-order valence-electron chi connectivity index (χ4n) is 3.49. The Balaban J connectivity index is 2.09. The molecule has 108 valence electrons. The van der Waals surface area contributed by atoms with Crippen LogP contribution in [-0.4, -0.2) is 42.9 Å². The van der Waals surface area contributed by atoms with E-state index in [9.17, 15) is 9.59 Å². The Hall–Kier alpha value is -1.10. The van der Waals surface area contributed by atoms with Crippen molar-refractivity contribution in [2.45, 2.75) is 44.6 Å². The minimum Gasteiger partial charge on any atom is -0.357 e. The molecule has 19 heavy (non-hydrogen) atoms. The van der Waals surface area contributed by atoms with Gasteiger partial charge in [0.25, 0.3) is 0 Å². The summed E-state index contributed by atoms with van der Waals surface area (Å²) < 4.78 is 0. The van der Waals surface area contributed by atoms with Crippen molar-refractivity contribution < 1.29 is 9.59 Å². The van der Waals surface area contributed by atoms with Gasteiger partial charge in [0.2, 0.25) is 11.8 Å². The molecule has 1 aliphatic heterocycles. The van der Waals surface area contributed by atoms with Crippen LogP contribution in [0.1, 0.15) is 38.5 Å². The standard InChI is InChI=1S/C14H25N3O2/c1-16-13(18)12-7-2-3-8-17(12)14(19)11-6-4-5-10(11)9-15/h10-12H,2-9,15H2,1H3,(H,16,18). The molecule has 5 nitrogen and oxygen atoms in total. The van der Waals surface area contributed by atoms with Crippen LogP contribution < -0.4 is 11.1 Å². The van der Waals surface area contributed by atoms with E-state index in [4.69, 9.17) is 5.73 Å². The van der Waals surface area contributed by atoms with Gasteiger partial charge in [-0.1, -0.05) is 6.42 Å². The van der Waals surface area contributed by atoms with Crippen molar-refractivity contribution in [3.8, 4) is 0 Å². The first-order valence-corrected chi connectivity index (χ1v) is 7.41. The van der Waals surface area contributed by atoms with E-state index in [-0.39, 0.29) is 23.8 Å². The molecule has 0 spiro atoms. The third-order valence-corrected chi connectivity index (χ3v) is 4.61. The van der Waals surface area contributed by atoms with Crippen molar-refractivity contribution in [3.63, 3.8) is 0 Å². The minimum atomic E-state index is -0.273. The number of nitrogens with two attached hydrogens (primary N) is 1. The maximum absolute atomic E-state index is 12.7. The number of piperidine rings is 1. The quantitative estimate of drug-likeness (QED) is 0.781. The lowest BCUT2D eigenvalue weighted by Crippen LogP contribution is -2.53. The smallest absolute Gasteiger partial charge is 0.242 e. The molecule has 0 radical (unpaired) electrons. The van der Waals surface area contributed by atoms with E-state index in [1.54, 1.807) is 11.9 Å². The number of carbonyl (C=O) groups excluding carboxylic acids is 2. The van der Waals surface area contributed by atoms with Crippen molar-refractivity contribution in [1.82, 2.24) is 10.2 Å². The van der Waals surface area contributed by atoms with Crippen LogP contribution in [0.2, 0.25) is 0 Å². The van der Waals surface area contributed by atoms with Gasteiger partial charge in [0.05, 0.1) is 0 Å². The van der Waals surface area contributed by atoms with Gasteiger partial charge in [-0.25, -0.2) is 0 Å². The molecule has 5 heteroatoms. The van der Waals surface area contributed by atoms with Gasteiger partial charge in [0, 0.05) is 19.5 Å². The number of carbonyl (C=O) groups is 2. The summed E-state index contributed by atoms with van der Waals surface area (Å²) in [5.74, 6) is 0.464. The summed E-state index contributed by atoms with van der Waals surface area (Å²) in [5.41, 5.74) is 5.76. The maximum Gasteiger partial charge on any atom is 0.242 e. The molecule has 2 fully saturated rings. The van der Waals surface area contributed by atoms with Gasteiger partial charge in [-0.15, -0.1) is 0 Å². The zero-order chi connectivity index (χ0) is 13.8. The Morgan fingerprint density at radius 3 is 2.68 bits per heavy atom. The average molecular weight is 267 g/mol. The molecule has 0 aromatic carbocycles. The van der Waals surface area contributed by atoms with Crippen LogP contribution in [0.3, 0.4) is 0 Å². The highest BCUT2D eigenvalue weighted by atomic mass is 16.2. The van der Waals surface area contributed by atoms with Gasteiger partial charge < -0.3 is 16.0 Å². The average Bonchev–Trinajstić information content (AvgIpc) is 2.94. The lowest BCUT2D eigenvalue weighted by Gasteiger charge is -2.37. The Bertz CT molecular complexity index is 346. The monoisotopic (exact) mass is 267 g/mol. The highest BCUT2D eigenvalue weighted by molar-refractivity contribution is 5.88. The molecule has 3 unspecified atom stereocenters. The summed E-state index contributed by atoms with van der Waals surface area (Å²) >= 11 is 0. The first-order valence-electron chi connectivity index (χ1n) is 7.41. The van der Waals surface area contributed by atoms with Gasteiger partial charge in [0.15, 0.2) is 0 Å². The topological polar surface area (TPSA) is 75.4 Å². The van der Waals surface area contributed by atoms with Gasteiger partial charge in [-0.3, -0.25) is 9.59 Å². The normalized spacial score (nSPS) is 31.3. The summed E-state index contributed by atoms with van der Waals surface area (Å²) in [6.07, 6.45) is 5.86. The molecule has 2 amide bonds. The minimum absolute atomic E-state index is 0.0321. The summed E-state index contributed by atoms with van der Waals surface area (Å²) in [6, 6.07) is -0.273. The van der Waals surface area contributed by atoms with E-state index in [0.717, 1.165) is 38.5 Å². The Morgan fingerprint density at radius 2 is 2.00 bits per heavy atom. The zero-order valence-electron chi connectivity index (χ0n) is 11.7. The maximum atomic E-state index is 12.7. The molecule has 0 aromatic heterocycles. The summed E-state index contributed by atoms with van der Waals surface area (Å²) in [5, 5.41) is 2.68. The molecule has 1 aliphatic carbocycles. The molecular weight excluding hydrogens is 242 g/mol. The highest BCUT2D eigenvalue weighted by Gasteiger charge is 2.39. The Morgan fingerprint density at radius 1 is 1.21 bits per heavy atom. The van der Waals surface area contributed by atoms with E-state index in [1.807, 2.05) is 0 Å². The fourth-order valence-corrected chi connectivity index (χ4v) is 3.49. The largest absolute Gasteiger partial charge is 0.357 e. The number of hydrogen-bond donors (Lipinski definition) is 2. The van der Waals surface area contributed by atoms with Crippen LogP contribution in [0, 0.1) is 11.8 Å². The van der Waals surface area contributed by atoms with E-state index >= 15 is 0 Å². The van der Waals surface area contributed by atoms with Gasteiger partial charge in [0.1, 0.15) is 6.04 Å². The first kappa shape index (κ1) is 14.3. The predicted molar refractivity (Wildman–Crippen MR) is 73.3 cm³/mol. The molecule has 1 heterocycles. The lowest BCUT2D eigenvalue weighted by molar-refractivity contribution is -0.146. The third-order valence-electron chi connectivity index (χ3n) is 4.61. The van der Waals surface area contributed by atoms with Gasteiger partial charge in [-0.05, 0) is 44.6 Å². The van der Waals surface area contributed by atoms with Gasteiger partial charge >= 0.3 is 0 Å². The molecule has 0 aromatic rings. The highest BCUT2D eigenvalue weighted by Crippen LogP contribution is 2.34. The second-order valence-electron chi connectivity index (χ2n) is 5.69. The molecule has 3 N–H and O–H groups in total. The van der Waals surface area contributed by atoms with E-state index in [1.165, 1.54) is 0 Å². The molecular formula is C14H25N3O2. The van der Waals surface area contributed by atoms with Crippen molar-refractivity contribution in [1.29, 1.82) is 0 Å². The van der Waals surface area contributed by atoms with E-state index < -0.39 is 0 Å². The Kier molecular flexibility index (Phi) is 4.80. The van der Waals surface area contributed by atoms with Crippen molar-refractivity contribution in [3.05, 3.63) is 0 Å². The van der Waals surface area contributed by atoms with E-state index in [2.05, 4.69) is 5.32 Å². The van der Waals surface area contributed by atoms with Crippen molar-refractivity contribution in [2.75, 3.05) is 20.1 Å². The second-order valence-corrected chi connectivity index (χ2v) is 5.69. The molecule has 3 atom stereocenters. The SMILES string of the molecule is CNC(=O)C1CCCCN1C(=O)C1CCCC1CN. The number of nitrogens with zero attached hydrogens (tertiary/aromatic N) is 1. The van der Waals surface area contributed by atoms with Crippen LogP contribution in [0.4, 0.5) is 0 Å². The zero-order valence-corrected chi connectivity index (χ0v) is 11.7. The number of likely N-dealkylation sites (tertiary alicyclic amines) is 1.